The van der Waals surface area contributed by atoms with Crippen LogP contribution in [0, 0.1) is 0 Å². The quantitative estimate of drug-likeness (QED) is 0.738. The second-order valence-electron chi connectivity index (χ2n) is 3.27. The molecule has 0 saturated heterocycles. The van der Waals surface area contributed by atoms with Crippen molar-refractivity contribution in [1.29, 1.82) is 0 Å². The Morgan fingerprint density at radius 3 is 2.59 bits per heavy atom. The summed E-state index contributed by atoms with van der Waals surface area (Å²) in [5.74, 6) is -0.831. The highest BCUT2D eigenvalue weighted by Gasteiger charge is 2.03. The number of nitrogens with one attached hydrogen (secondary N) is 2. The lowest BCUT2D eigenvalue weighted by Gasteiger charge is -2.04. The molecule has 0 radical (unpaired) electrons. The van der Waals surface area contributed by atoms with Crippen molar-refractivity contribution in [2.24, 2.45) is 0 Å². The molecule has 86 valence electrons. The number of carboxylic acids is 1. The van der Waals surface area contributed by atoms with Crippen molar-refractivity contribution in [3.8, 4) is 0 Å². The highest BCUT2D eigenvalue weighted by molar-refractivity contribution is 5.88. The maximum atomic E-state index is 11.3. The van der Waals surface area contributed by atoms with Gasteiger partial charge in [-0.3, -0.25) is 4.79 Å². The van der Waals surface area contributed by atoms with E-state index in [4.69, 9.17) is 5.11 Å². The fourth-order valence-electron chi connectivity index (χ4n) is 1.27. The molecule has 0 bridgehead atoms. The molecule has 2 aromatic rings. The molecule has 17 heavy (non-hydrogen) atoms. The largest absolute Gasteiger partial charge is 0.478 e. The van der Waals surface area contributed by atoms with Crippen LogP contribution in [0.25, 0.3) is 0 Å². The molecular formula is C11H9N3O3. The van der Waals surface area contributed by atoms with Crippen LogP contribution in [0.15, 0.2) is 41.5 Å². The van der Waals surface area contributed by atoms with Gasteiger partial charge in [-0.2, -0.15) is 0 Å². The Labute approximate surface area is 96.0 Å². The van der Waals surface area contributed by atoms with Gasteiger partial charge in [-0.05, 0) is 24.3 Å². The molecule has 0 spiro atoms. The van der Waals surface area contributed by atoms with Gasteiger partial charge < -0.3 is 15.4 Å². The van der Waals surface area contributed by atoms with Gasteiger partial charge in [0.15, 0.2) is 5.82 Å². The fraction of sp³-hybridized carbons (Fsp3) is 0. The summed E-state index contributed by atoms with van der Waals surface area (Å²) in [7, 11) is 0. The molecule has 0 atom stereocenters. The third kappa shape index (κ3) is 2.49. The van der Waals surface area contributed by atoms with Crippen molar-refractivity contribution in [2.45, 2.75) is 0 Å². The lowest BCUT2D eigenvalue weighted by molar-refractivity contribution is 0.0697. The number of hydrogen-bond donors (Lipinski definition) is 3. The maximum Gasteiger partial charge on any atom is 0.335 e. The van der Waals surface area contributed by atoms with Gasteiger partial charge in [0.2, 0.25) is 0 Å². The molecule has 0 amide bonds. The number of aromatic carboxylic acids is 1. The van der Waals surface area contributed by atoms with Crippen LogP contribution >= 0.6 is 0 Å². The molecule has 1 aromatic heterocycles. The van der Waals surface area contributed by atoms with E-state index >= 15 is 0 Å². The Morgan fingerprint density at radius 1 is 1.29 bits per heavy atom. The van der Waals surface area contributed by atoms with Gasteiger partial charge in [0, 0.05) is 18.1 Å². The molecule has 0 aliphatic carbocycles. The van der Waals surface area contributed by atoms with Gasteiger partial charge in [-0.25, -0.2) is 9.78 Å². The van der Waals surface area contributed by atoms with Crippen LogP contribution in [-0.2, 0) is 0 Å². The highest BCUT2D eigenvalue weighted by Crippen LogP contribution is 2.12. The zero-order valence-corrected chi connectivity index (χ0v) is 8.68. The summed E-state index contributed by atoms with van der Waals surface area (Å²) in [6.45, 7) is 0. The number of carbonyl (C=O) groups is 1. The van der Waals surface area contributed by atoms with Gasteiger partial charge in [0.25, 0.3) is 5.56 Å². The summed E-state index contributed by atoms with van der Waals surface area (Å²) in [6.07, 6.45) is 2.89. The minimum Gasteiger partial charge on any atom is -0.478 e. The summed E-state index contributed by atoms with van der Waals surface area (Å²) in [5.41, 5.74) is 0.444. The Hall–Kier alpha value is -2.63. The van der Waals surface area contributed by atoms with Crippen LogP contribution in [0.1, 0.15) is 10.4 Å². The normalized spacial score (nSPS) is 9.88. The number of aromatic nitrogens is 2. The third-order valence-electron chi connectivity index (χ3n) is 2.10. The van der Waals surface area contributed by atoms with Crippen LogP contribution in [0.2, 0.25) is 0 Å². The molecule has 0 aliphatic heterocycles. The molecule has 0 aliphatic rings. The minimum absolute atomic E-state index is 0.163. The van der Waals surface area contributed by atoms with Crippen LogP contribution in [0.5, 0.6) is 0 Å². The zero-order valence-electron chi connectivity index (χ0n) is 8.68. The Bertz CT molecular complexity index is 589. The summed E-state index contributed by atoms with van der Waals surface area (Å²) in [4.78, 5) is 28.3. The first-order chi connectivity index (χ1) is 8.16. The molecule has 2 rings (SSSR count). The van der Waals surface area contributed by atoms with Gasteiger partial charge in [-0.15, -0.1) is 0 Å². The average molecular weight is 231 g/mol. The van der Waals surface area contributed by atoms with E-state index in [1.54, 1.807) is 12.1 Å². The van der Waals surface area contributed by atoms with E-state index in [0.29, 0.717) is 5.69 Å². The molecule has 1 aromatic carbocycles. The lowest BCUT2D eigenvalue weighted by atomic mass is 10.2. The van der Waals surface area contributed by atoms with Crippen molar-refractivity contribution in [3.63, 3.8) is 0 Å². The smallest absolute Gasteiger partial charge is 0.335 e. The van der Waals surface area contributed by atoms with Crippen molar-refractivity contribution >= 4 is 17.5 Å². The Kier molecular flexibility index (Phi) is 2.87. The van der Waals surface area contributed by atoms with E-state index in [9.17, 15) is 9.59 Å². The SMILES string of the molecule is O=C(O)c1ccc(Nc2ncc[nH]c2=O)cc1. The standard InChI is InChI=1S/C11H9N3O3/c15-10-9(12-5-6-13-10)14-8-3-1-7(2-4-8)11(16)17/h1-6H,(H,12,14)(H,13,15)(H,16,17). The van der Waals surface area contributed by atoms with Gasteiger partial charge in [-0.1, -0.05) is 0 Å². The van der Waals surface area contributed by atoms with Crippen molar-refractivity contribution < 1.29 is 9.90 Å². The lowest BCUT2D eigenvalue weighted by Crippen LogP contribution is -2.12. The average Bonchev–Trinajstić information content (AvgIpc) is 2.33. The predicted octanol–water partition coefficient (Wildman–Crippen LogP) is 1.21. The van der Waals surface area contributed by atoms with Crippen molar-refractivity contribution in [3.05, 3.63) is 52.6 Å². The molecule has 0 fully saturated rings. The van der Waals surface area contributed by atoms with E-state index in [1.165, 1.54) is 24.5 Å². The number of rotatable bonds is 3. The summed E-state index contributed by atoms with van der Waals surface area (Å²) in [6, 6.07) is 6.03. The van der Waals surface area contributed by atoms with E-state index in [1.807, 2.05) is 0 Å². The van der Waals surface area contributed by atoms with Gasteiger partial charge in [0.05, 0.1) is 5.56 Å². The predicted molar refractivity (Wildman–Crippen MR) is 61.5 cm³/mol. The van der Waals surface area contributed by atoms with Crippen molar-refractivity contribution in [2.75, 3.05) is 5.32 Å². The van der Waals surface area contributed by atoms with Gasteiger partial charge >= 0.3 is 5.97 Å². The third-order valence-corrected chi connectivity index (χ3v) is 2.10. The number of carboxylic acid groups (broad SMARTS) is 1. The topological polar surface area (TPSA) is 95.1 Å². The zero-order chi connectivity index (χ0) is 12.3. The van der Waals surface area contributed by atoms with Crippen LogP contribution < -0.4 is 10.9 Å². The van der Waals surface area contributed by atoms with Crippen molar-refractivity contribution in [1.82, 2.24) is 9.97 Å². The molecule has 1 heterocycles. The second-order valence-corrected chi connectivity index (χ2v) is 3.27. The number of anilines is 2. The fourth-order valence-corrected chi connectivity index (χ4v) is 1.27. The maximum absolute atomic E-state index is 11.3. The molecule has 0 unspecified atom stereocenters. The molecular weight excluding hydrogens is 222 g/mol. The first-order valence-electron chi connectivity index (χ1n) is 4.81. The van der Waals surface area contributed by atoms with E-state index in [0.717, 1.165) is 0 Å². The monoisotopic (exact) mass is 231 g/mol. The van der Waals surface area contributed by atoms with E-state index in [2.05, 4.69) is 15.3 Å². The van der Waals surface area contributed by atoms with Crippen LogP contribution in [-0.4, -0.2) is 21.0 Å². The first-order valence-corrected chi connectivity index (χ1v) is 4.81. The van der Waals surface area contributed by atoms with E-state index < -0.39 is 5.97 Å². The highest BCUT2D eigenvalue weighted by atomic mass is 16.4. The molecule has 3 N–H and O–H groups in total. The minimum atomic E-state index is -0.993. The van der Waals surface area contributed by atoms with Crippen LogP contribution in [0.4, 0.5) is 11.5 Å². The Morgan fingerprint density at radius 2 is 2.00 bits per heavy atom. The number of H-pyrrole nitrogens is 1. The summed E-state index contributed by atoms with van der Waals surface area (Å²) < 4.78 is 0. The number of aromatic amines is 1. The summed E-state index contributed by atoms with van der Waals surface area (Å²) >= 11 is 0. The molecule has 6 heteroatoms. The van der Waals surface area contributed by atoms with Crippen LogP contribution in [0.3, 0.4) is 0 Å². The van der Waals surface area contributed by atoms with Gasteiger partial charge in [0.1, 0.15) is 0 Å². The summed E-state index contributed by atoms with van der Waals surface area (Å²) in [5, 5.41) is 11.5. The Balaban J connectivity index is 2.23. The number of benzene rings is 1. The molecule has 0 saturated carbocycles. The second kappa shape index (κ2) is 4.48. The number of nitrogens with zero attached hydrogens (tertiary/aromatic N) is 1. The van der Waals surface area contributed by atoms with E-state index in [-0.39, 0.29) is 16.9 Å². The number of hydrogen-bond acceptors (Lipinski definition) is 4. The first kappa shape index (κ1) is 10.9. The molecule has 6 nitrogen and oxygen atoms in total.